The summed E-state index contributed by atoms with van der Waals surface area (Å²) in [5.74, 6) is 1.09. The Labute approximate surface area is 156 Å². The molecule has 6 nitrogen and oxygen atoms in total. The number of benzene rings is 2. The molecule has 27 heavy (non-hydrogen) atoms. The molecule has 1 aromatic heterocycles. The SMILES string of the molecule is Cc1ccc(/C=C/C(=O)Nc2cccc(NC(=O)Nc3ccccc3)c2)o1. The molecule has 2 aromatic carbocycles. The third-order valence-corrected chi connectivity index (χ3v) is 3.58. The number of hydrogen-bond acceptors (Lipinski definition) is 3. The summed E-state index contributed by atoms with van der Waals surface area (Å²) in [5.41, 5.74) is 1.82. The van der Waals surface area contributed by atoms with Gasteiger partial charge in [-0.25, -0.2) is 4.79 Å². The van der Waals surface area contributed by atoms with Crippen molar-refractivity contribution in [2.75, 3.05) is 16.0 Å². The monoisotopic (exact) mass is 361 g/mol. The second-order valence-electron chi connectivity index (χ2n) is 5.80. The number of furan rings is 1. The maximum Gasteiger partial charge on any atom is 0.323 e. The number of amides is 3. The summed E-state index contributed by atoms with van der Waals surface area (Å²) in [5, 5.41) is 8.21. The predicted octanol–water partition coefficient (Wildman–Crippen LogP) is 4.88. The second-order valence-corrected chi connectivity index (χ2v) is 5.80. The molecule has 0 aliphatic heterocycles. The molecule has 6 heteroatoms. The Morgan fingerprint density at radius 1 is 0.815 bits per heavy atom. The molecule has 136 valence electrons. The van der Waals surface area contributed by atoms with Gasteiger partial charge < -0.3 is 20.4 Å². The number of urea groups is 1. The van der Waals surface area contributed by atoms with Gasteiger partial charge in [-0.05, 0) is 55.5 Å². The Bertz CT molecular complexity index is 962. The molecule has 1 heterocycles. The normalized spacial score (nSPS) is 10.6. The van der Waals surface area contributed by atoms with Crippen molar-refractivity contribution in [2.45, 2.75) is 6.92 Å². The highest BCUT2D eigenvalue weighted by molar-refractivity contribution is 6.03. The van der Waals surface area contributed by atoms with E-state index in [1.807, 2.05) is 31.2 Å². The van der Waals surface area contributed by atoms with Crippen molar-refractivity contribution in [1.29, 1.82) is 0 Å². The first-order valence-corrected chi connectivity index (χ1v) is 8.37. The maximum atomic E-state index is 12.0. The molecule has 0 atom stereocenters. The van der Waals surface area contributed by atoms with Crippen molar-refractivity contribution in [3.63, 3.8) is 0 Å². The molecule has 0 saturated heterocycles. The summed E-state index contributed by atoms with van der Waals surface area (Å²) in [4.78, 5) is 24.1. The van der Waals surface area contributed by atoms with Crippen LogP contribution in [0, 0.1) is 6.92 Å². The number of carbonyl (C=O) groups is 2. The number of para-hydroxylation sites is 1. The highest BCUT2D eigenvalue weighted by Gasteiger charge is 2.04. The third-order valence-electron chi connectivity index (χ3n) is 3.58. The van der Waals surface area contributed by atoms with Crippen molar-refractivity contribution in [1.82, 2.24) is 0 Å². The van der Waals surface area contributed by atoms with Crippen LogP contribution in [-0.2, 0) is 4.79 Å². The first-order chi connectivity index (χ1) is 13.1. The molecule has 0 aliphatic carbocycles. The van der Waals surface area contributed by atoms with Crippen molar-refractivity contribution in [2.24, 2.45) is 0 Å². The number of hydrogen-bond donors (Lipinski definition) is 3. The van der Waals surface area contributed by atoms with Crippen molar-refractivity contribution < 1.29 is 14.0 Å². The van der Waals surface area contributed by atoms with Crippen LogP contribution in [0.5, 0.6) is 0 Å². The van der Waals surface area contributed by atoms with E-state index in [2.05, 4.69) is 16.0 Å². The van der Waals surface area contributed by atoms with Crippen LogP contribution >= 0.6 is 0 Å². The van der Waals surface area contributed by atoms with Crippen LogP contribution in [0.2, 0.25) is 0 Å². The number of carbonyl (C=O) groups excluding carboxylic acids is 2. The third kappa shape index (κ3) is 5.61. The maximum absolute atomic E-state index is 12.0. The summed E-state index contributed by atoms with van der Waals surface area (Å²) in [6.07, 6.45) is 2.98. The van der Waals surface area contributed by atoms with Gasteiger partial charge in [0.05, 0.1) is 0 Å². The van der Waals surface area contributed by atoms with Gasteiger partial charge in [0.1, 0.15) is 11.5 Å². The zero-order valence-electron chi connectivity index (χ0n) is 14.7. The van der Waals surface area contributed by atoms with Gasteiger partial charge in [0.2, 0.25) is 5.91 Å². The average molecular weight is 361 g/mol. The van der Waals surface area contributed by atoms with Crippen LogP contribution < -0.4 is 16.0 Å². The van der Waals surface area contributed by atoms with Gasteiger partial charge in [-0.2, -0.15) is 0 Å². The zero-order valence-corrected chi connectivity index (χ0v) is 14.7. The first kappa shape index (κ1) is 18.0. The molecule has 3 aromatic rings. The van der Waals surface area contributed by atoms with Gasteiger partial charge in [0.25, 0.3) is 0 Å². The fraction of sp³-hybridized carbons (Fsp3) is 0.0476. The number of nitrogens with one attached hydrogen (secondary N) is 3. The topological polar surface area (TPSA) is 83.4 Å². The molecule has 0 unspecified atom stereocenters. The lowest BCUT2D eigenvalue weighted by molar-refractivity contribution is -0.111. The van der Waals surface area contributed by atoms with E-state index >= 15 is 0 Å². The first-order valence-electron chi connectivity index (χ1n) is 8.37. The average Bonchev–Trinajstić information content (AvgIpc) is 3.06. The molecule has 0 saturated carbocycles. The minimum atomic E-state index is -0.363. The second kappa shape index (κ2) is 8.53. The molecule has 0 aliphatic rings. The molecule has 3 N–H and O–H groups in total. The minimum Gasteiger partial charge on any atom is -0.462 e. The van der Waals surface area contributed by atoms with Gasteiger partial charge in [-0.3, -0.25) is 4.79 Å². The molecule has 0 radical (unpaired) electrons. The van der Waals surface area contributed by atoms with E-state index in [9.17, 15) is 9.59 Å². The van der Waals surface area contributed by atoms with E-state index in [1.165, 1.54) is 6.08 Å². The van der Waals surface area contributed by atoms with Gasteiger partial charge in [0, 0.05) is 23.1 Å². The molecule has 3 rings (SSSR count). The molecule has 3 amide bonds. The summed E-state index contributed by atoms with van der Waals surface area (Å²) in [7, 11) is 0. The van der Waals surface area contributed by atoms with E-state index in [4.69, 9.17) is 4.42 Å². The predicted molar refractivity (Wildman–Crippen MR) is 107 cm³/mol. The van der Waals surface area contributed by atoms with E-state index in [0.717, 1.165) is 5.76 Å². The summed E-state index contributed by atoms with van der Waals surface area (Å²) >= 11 is 0. The molecular weight excluding hydrogens is 342 g/mol. The van der Waals surface area contributed by atoms with Crippen LogP contribution in [0.3, 0.4) is 0 Å². The largest absolute Gasteiger partial charge is 0.462 e. The van der Waals surface area contributed by atoms with Crippen LogP contribution in [0.1, 0.15) is 11.5 Å². The Hall–Kier alpha value is -3.80. The lowest BCUT2D eigenvalue weighted by Gasteiger charge is -2.09. The fourth-order valence-electron chi connectivity index (χ4n) is 2.37. The van der Waals surface area contributed by atoms with Gasteiger partial charge in [0.15, 0.2) is 0 Å². The van der Waals surface area contributed by atoms with Crippen molar-refractivity contribution in [3.05, 3.63) is 84.3 Å². The van der Waals surface area contributed by atoms with Crippen LogP contribution in [0.4, 0.5) is 21.9 Å². The van der Waals surface area contributed by atoms with Crippen LogP contribution in [0.25, 0.3) is 6.08 Å². The lowest BCUT2D eigenvalue weighted by Crippen LogP contribution is -2.19. The molecule has 0 fully saturated rings. The van der Waals surface area contributed by atoms with Crippen molar-refractivity contribution in [3.8, 4) is 0 Å². The fourth-order valence-corrected chi connectivity index (χ4v) is 2.37. The van der Waals surface area contributed by atoms with Crippen LogP contribution in [-0.4, -0.2) is 11.9 Å². The Morgan fingerprint density at radius 3 is 2.19 bits per heavy atom. The minimum absolute atomic E-state index is 0.296. The van der Waals surface area contributed by atoms with Gasteiger partial charge >= 0.3 is 6.03 Å². The molecule has 0 bridgehead atoms. The Kier molecular flexibility index (Phi) is 5.69. The van der Waals surface area contributed by atoms with E-state index < -0.39 is 0 Å². The zero-order chi connectivity index (χ0) is 19.1. The van der Waals surface area contributed by atoms with E-state index in [-0.39, 0.29) is 11.9 Å². The number of rotatable bonds is 5. The van der Waals surface area contributed by atoms with E-state index in [1.54, 1.807) is 48.5 Å². The summed E-state index contributed by atoms with van der Waals surface area (Å²) in [6.45, 7) is 1.84. The highest BCUT2D eigenvalue weighted by Crippen LogP contribution is 2.16. The Balaban J connectivity index is 1.57. The smallest absolute Gasteiger partial charge is 0.323 e. The molecule has 0 spiro atoms. The van der Waals surface area contributed by atoms with Crippen molar-refractivity contribution >= 4 is 35.1 Å². The van der Waals surface area contributed by atoms with Gasteiger partial charge in [-0.1, -0.05) is 24.3 Å². The van der Waals surface area contributed by atoms with E-state index in [0.29, 0.717) is 22.8 Å². The number of aryl methyl sites for hydroxylation is 1. The van der Waals surface area contributed by atoms with Gasteiger partial charge in [-0.15, -0.1) is 0 Å². The summed E-state index contributed by atoms with van der Waals surface area (Å²) < 4.78 is 5.37. The van der Waals surface area contributed by atoms with Crippen LogP contribution in [0.15, 0.2) is 77.2 Å². The number of anilines is 3. The highest BCUT2D eigenvalue weighted by atomic mass is 16.3. The molecular formula is C21H19N3O3. The Morgan fingerprint density at radius 2 is 1.48 bits per heavy atom. The summed E-state index contributed by atoms with van der Waals surface area (Å²) in [6, 6.07) is 19.3. The quantitative estimate of drug-likeness (QED) is 0.566. The lowest BCUT2D eigenvalue weighted by atomic mass is 10.2. The standard InChI is InChI=1S/C21H19N3O3/c1-15-10-11-19(27-15)12-13-20(25)22-17-8-5-9-18(14-17)24-21(26)23-16-6-3-2-4-7-16/h2-14H,1H3,(H,22,25)(H2,23,24,26)/b13-12+.